The molecule has 0 saturated heterocycles. The molecule has 2 aromatic rings. The summed E-state index contributed by atoms with van der Waals surface area (Å²) in [7, 11) is 0. The molecule has 2 aromatic carbocycles. The molecular weight excluding hydrogens is 346 g/mol. The van der Waals surface area contributed by atoms with Crippen LogP contribution in [0.3, 0.4) is 0 Å². The highest BCUT2D eigenvalue weighted by Gasteiger charge is 2.11. The first-order valence-electron chi connectivity index (χ1n) is 7.89. The Morgan fingerprint density at radius 1 is 1.23 bits per heavy atom. The average molecular weight is 364 g/mol. The Bertz CT molecular complexity index is 799. The van der Waals surface area contributed by atoms with Crippen LogP contribution in [-0.2, 0) is 4.79 Å². The molecule has 0 fully saturated rings. The molecule has 8 heteroatoms. The lowest BCUT2D eigenvalue weighted by atomic mass is 10.1. The molecule has 0 aromatic heterocycles. The maximum atomic E-state index is 13.0. The molecule has 0 bridgehead atoms. The third-order valence-corrected chi connectivity index (χ3v) is 3.62. The molecule has 6 nitrogen and oxygen atoms in total. The second kappa shape index (κ2) is 9.00. The summed E-state index contributed by atoms with van der Waals surface area (Å²) >= 11 is 0. The normalized spacial score (nSPS) is 11.7. The second-order valence-corrected chi connectivity index (χ2v) is 5.72. The number of carbonyl (C=O) groups excluding carboxylic acids is 1. The highest BCUT2D eigenvalue weighted by atomic mass is 19.2. The summed E-state index contributed by atoms with van der Waals surface area (Å²) in [6.07, 6.45) is -0.783. The first-order chi connectivity index (χ1) is 12.4. The fourth-order valence-corrected chi connectivity index (χ4v) is 2.20. The van der Waals surface area contributed by atoms with Gasteiger partial charge in [-0.1, -0.05) is 0 Å². The number of hydrogen-bond donors (Lipinski definition) is 2. The van der Waals surface area contributed by atoms with Crippen molar-refractivity contribution in [2.24, 2.45) is 5.18 Å². The van der Waals surface area contributed by atoms with Crippen molar-refractivity contribution in [2.45, 2.75) is 25.9 Å². The largest absolute Gasteiger partial charge is 0.491 e. The van der Waals surface area contributed by atoms with Crippen molar-refractivity contribution in [3.05, 3.63) is 58.5 Å². The summed E-state index contributed by atoms with van der Waals surface area (Å²) < 4.78 is 31.0. The van der Waals surface area contributed by atoms with Gasteiger partial charge in [0.15, 0.2) is 11.6 Å². The molecule has 2 N–H and O–H groups in total. The highest BCUT2D eigenvalue weighted by molar-refractivity contribution is 5.91. The number of halogens is 2. The molecule has 0 radical (unpaired) electrons. The van der Waals surface area contributed by atoms with Crippen molar-refractivity contribution in [1.82, 2.24) is 0 Å². The van der Waals surface area contributed by atoms with E-state index in [0.29, 0.717) is 16.9 Å². The Labute approximate surface area is 148 Å². The Balaban J connectivity index is 1.76. The van der Waals surface area contributed by atoms with Crippen LogP contribution in [0.4, 0.5) is 20.2 Å². The number of aryl methyl sites for hydroxylation is 1. The van der Waals surface area contributed by atoms with E-state index in [1.54, 1.807) is 19.1 Å². The van der Waals surface area contributed by atoms with Gasteiger partial charge >= 0.3 is 0 Å². The molecule has 1 unspecified atom stereocenters. The van der Waals surface area contributed by atoms with E-state index in [1.165, 1.54) is 12.1 Å². The van der Waals surface area contributed by atoms with Crippen LogP contribution in [0.5, 0.6) is 5.75 Å². The minimum Gasteiger partial charge on any atom is -0.491 e. The first-order valence-corrected chi connectivity index (χ1v) is 7.89. The van der Waals surface area contributed by atoms with E-state index in [2.05, 4.69) is 10.5 Å². The Kier molecular flexibility index (Phi) is 6.74. The quantitative estimate of drug-likeness (QED) is 0.697. The van der Waals surface area contributed by atoms with Crippen molar-refractivity contribution in [2.75, 3.05) is 11.9 Å². The first kappa shape index (κ1) is 19.5. The van der Waals surface area contributed by atoms with Gasteiger partial charge in [0, 0.05) is 18.2 Å². The van der Waals surface area contributed by atoms with Crippen LogP contribution in [-0.4, -0.2) is 23.7 Å². The number of aliphatic hydroxyl groups excluding tert-OH is 1. The number of hydrogen-bond acceptors (Lipinski definition) is 5. The van der Waals surface area contributed by atoms with Gasteiger partial charge in [-0.3, -0.25) is 4.79 Å². The van der Waals surface area contributed by atoms with Gasteiger partial charge in [-0.25, -0.2) is 8.78 Å². The van der Waals surface area contributed by atoms with Crippen LogP contribution >= 0.6 is 0 Å². The van der Waals surface area contributed by atoms with E-state index in [4.69, 9.17) is 4.74 Å². The van der Waals surface area contributed by atoms with E-state index in [0.717, 1.165) is 12.1 Å². The third kappa shape index (κ3) is 5.59. The fraction of sp³-hybridized carbons (Fsp3) is 0.278. The lowest BCUT2D eigenvalue weighted by molar-refractivity contribution is -0.116. The summed E-state index contributed by atoms with van der Waals surface area (Å²) in [5, 5.41) is 15.3. The highest BCUT2D eigenvalue weighted by Crippen LogP contribution is 2.22. The number of benzene rings is 2. The number of nitroso groups, excluding NO2 is 1. The number of carbonyl (C=O) groups is 1. The maximum Gasteiger partial charge on any atom is 0.224 e. The molecule has 2 rings (SSSR count). The number of nitrogens with one attached hydrogen (secondary N) is 1. The SMILES string of the molecule is Cc1cc(NC(=O)CCC(O)COc2ccc(F)c(F)c2)ccc1N=O. The smallest absolute Gasteiger partial charge is 0.224 e. The fourth-order valence-electron chi connectivity index (χ4n) is 2.20. The summed E-state index contributed by atoms with van der Waals surface area (Å²) in [6.45, 7) is 1.54. The van der Waals surface area contributed by atoms with Crippen LogP contribution in [0.15, 0.2) is 41.6 Å². The summed E-state index contributed by atoms with van der Waals surface area (Å²) in [6, 6.07) is 7.74. The van der Waals surface area contributed by atoms with Gasteiger partial charge < -0.3 is 15.2 Å². The van der Waals surface area contributed by atoms with Crippen molar-refractivity contribution in [3.8, 4) is 5.75 Å². The lowest BCUT2D eigenvalue weighted by Crippen LogP contribution is -2.21. The van der Waals surface area contributed by atoms with Gasteiger partial charge in [0.2, 0.25) is 5.91 Å². The van der Waals surface area contributed by atoms with Crippen molar-refractivity contribution >= 4 is 17.3 Å². The molecule has 1 atom stereocenters. The van der Waals surface area contributed by atoms with Gasteiger partial charge in [0.05, 0.1) is 6.10 Å². The van der Waals surface area contributed by atoms with E-state index in [-0.39, 0.29) is 31.1 Å². The predicted octanol–water partition coefficient (Wildman–Crippen LogP) is 3.83. The van der Waals surface area contributed by atoms with Gasteiger partial charge in [0.1, 0.15) is 18.0 Å². The third-order valence-electron chi connectivity index (χ3n) is 3.62. The standard InChI is InChI=1S/C18H18F2N2O4/c1-11-8-12(2-6-17(11)22-25)21-18(24)7-3-13(23)10-26-14-4-5-15(19)16(20)9-14/h2,4-6,8-9,13,23H,3,7,10H2,1H3,(H,21,24). The lowest BCUT2D eigenvalue weighted by Gasteiger charge is -2.13. The van der Waals surface area contributed by atoms with E-state index in [1.807, 2.05) is 0 Å². The van der Waals surface area contributed by atoms with Crippen molar-refractivity contribution in [1.29, 1.82) is 0 Å². The minimum atomic E-state index is -1.04. The van der Waals surface area contributed by atoms with Gasteiger partial charge in [-0.2, -0.15) is 0 Å². The summed E-state index contributed by atoms with van der Waals surface area (Å²) in [5.74, 6) is -2.25. The second-order valence-electron chi connectivity index (χ2n) is 5.72. The molecule has 0 aliphatic carbocycles. The van der Waals surface area contributed by atoms with E-state index >= 15 is 0 Å². The Hall–Kier alpha value is -2.87. The molecule has 26 heavy (non-hydrogen) atoms. The number of rotatable bonds is 8. The Morgan fingerprint density at radius 2 is 2.00 bits per heavy atom. The number of aliphatic hydroxyl groups is 1. The van der Waals surface area contributed by atoms with Crippen LogP contribution < -0.4 is 10.1 Å². The van der Waals surface area contributed by atoms with E-state index in [9.17, 15) is 23.6 Å². The molecule has 0 spiro atoms. The number of nitrogens with zero attached hydrogens (tertiary/aromatic N) is 1. The van der Waals surface area contributed by atoms with Crippen molar-refractivity contribution in [3.63, 3.8) is 0 Å². The number of amides is 1. The summed E-state index contributed by atoms with van der Waals surface area (Å²) in [5.41, 5.74) is 1.46. The molecule has 0 saturated carbocycles. The molecule has 0 heterocycles. The molecule has 0 aliphatic heterocycles. The van der Waals surface area contributed by atoms with Gasteiger partial charge in [0.25, 0.3) is 0 Å². The van der Waals surface area contributed by atoms with Crippen LogP contribution in [0.1, 0.15) is 18.4 Å². The number of ether oxygens (including phenoxy) is 1. The van der Waals surface area contributed by atoms with Gasteiger partial charge in [-0.05, 0) is 54.4 Å². The zero-order chi connectivity index (χ0) is 19.1. The number of anilines is 1. The Morgan fingerprint density at radius 3 is 2.65 bits per heavy atom. The van der Waals surface area contributed by atoms with Crippen LogP contribution in [0, 0.1) is 23.5 Å². The summed E-state index contributed by atoms with van der Waals surface area (Å²) in [4.78, 5) is 22.4. The molecule has 1 amide bonds. The van der Waals surface area contributed by atoms with Crippen LogP contribution in [0.2, 0.25) is 0 Å². The predicted molar refractivity (Wildman–Crippen MR) is 92.4 cm³/mol. The zero-order valence-electron chi connectivity index (χ0n) is 14.0. The van der Waals surface area contributed by atoms with E-state index < -0.39 is 17.7 Å². The topological polar surface area (TPSA) is 88.0 Å². The van der Waals surface area contributed by atoms with Gasteiger partial charge in [-0.15, -0.1) is 4.91 Å². The minimum absolute atomic E-state index is 0.0367. The zero-order valence-corrected chi connectivity index (χ0v) is 14.0. The monoisotopic (exact) mass is 364 g/mol. The van der Waals surface area contributed by atoms with Crippen LogP contribution in [0.25, 0.3) is 0 Å². The molecular formula is C18H18F2N2O4. The maximum absolute atomic E-state index is 13.0. The molecule has 0 aliphatic rings. The molecule has 138 valence electrons. The van der Waals surface area contributed by atoms with Crippen molar-refractivity contribution < 1.29 is 23.4 Å². The average Bonchev–Trinajstić information content (AvgIpc) is 2.61.